The molecule has 1 aliphatic carbocycles. The van der Waals surface area contributed by atoms with E-state index in [-0.39, 0.29) is 18.1 Å². The van der Waals surface area contributed by atoms with Gasteiger partial charge in [0.05, 0.1) is 30.0 Å². The molecule has 0 bridgehead atoms. The van der Waals surface area contributed by atoms with Gasteiger partial charge >= 0.3 is 6.03 Å². The van der Waals surface area contributed by atoms with Crippen molar-refractivity contribution in [1.29, 1.82) is 5.26 Å². The number of aryl methyl sites for hydroxylation is 2. The minimum atomic E-state index is -0.185. The Hall–Kier alpha value is -6.16. The molecule has 1 aliphatic rings. The summed E-state index contributed by atoms with van der Waals surface area (Å²) < 4.78 is 3.59. The molecular formula is C35H34N12O. The van der Waals surface area contributed by atoms with Crippen molar-refractivity contribution < 1.29 is 4.79 Å². The van der Waals surface area contributed by atoms with E-state index in [1.165, 1.54) is 0 Å². The maximum absolute atomic E-state index is 13.8. The summed E-state index contributed by atoms with van der Waals surface area (Å²) in [5.41, 5.74) is 5.97. The highest BCUT2D eigenvalue weighted by Crippen LogP contribution is 2.30. The summed E-state index contributed by atoms with van der Waals surface area (Å²) in [4.78, 5) is 38.4. The van der Waals surface area contributed by atoms with Crippen LogP contribution in [0.1, 0.15) is 36.8 Å². The molecule has 240 valence electrons. The molecular weight excluding hydrogens is 604 g/mol. The van der Waals surface area contributed by atoms with Crippen LogP contribution >= 0.6 is 0 Å². The summed E-state index contributed by atoms with van der Waals surface area (Å²) in [7, 11) is 3.76. The Balaban J connectivity index is 1.07. The maximum Gasteiger partial charge on any atom is 0.323 e. The Morgan fingerprint density at radius 3 is 2.48 bits per heavy atom. The second kappa shape index (κ2) is 13.3. The number of hydrogen-bond donors (Lipinski definition) is 2. The molecule has 0 aliphatic heterocycles. The first kappa shape index (κ1) is 30.5. The largest absolute Gasteiger partial charge is 0.351 e. The summed E-state index contributed by atoms with van der Waals surface area (Å²) in [6, 6.07) is 17.7. The predicted molar refractivity (Wildman–Crippen MR) is 182 cm³/mol. The molecule has 0 radical (unpaired) electrons. The number of nitrogens with zero attached hydrogens (tertiary/aromatic N) is 10. The fourth-order valence-electron chi connectivity index (χ4n) is 6.15. The Bertz CT molecular complexity index is 2090. The molecule has 1 aromatic carbocycles. The summed E-state index contributed by atoms with van der Waals surface area (Å²) >= 11 is 0. The van der Waals surface area contributed by atoms with Crippen molar-refractivity contribution in [2.75, 3.05) is 10.2 Å². The highest BCUT2D eigenvalue weighted by atomic mass is 16.2. The first-order valence-electron chi connectivity index (χ1n) is 15.8. The van der Waals surface area contributed by atoms with Gasteiger partial charge in [-0.3, -0.25) is 9.58 Å². The highest BCUT2D eigenvalue weighted by Gasteiger charge is 2.31. The molecule has 1 fully saturated rings. The number of hydrogen-bond acceptors (Lipinski definition) is 9. The predicted octanol–water partition coefficient (Wildman–Crippen LogP) is 5.23. The molecule has 13 nitrogen and oxygen atoms in total. The third-order valence-corrected chi connectivity index (χ3v) is 8.67. The van der Waals surface area contributed by atoms with E-state index in [2.05, 4.69) is 36.8 Å². The monoisotopic (exact) mass is 638 g/mol. The van der Waals surface area contributed by atoms with Crippen LogP contribution in [0, 0.1) is 11.3 Å². The fourth-order valence-corrected chi connectivity index (χ4v) is 6.15. The average Bonchev–Trinajstić information content (AvgIpc) is 3.73. The van der Waals surface area contributed by atoms with E-state index in [9.17, 15) is 10.1 Å². The number of anilines is 2. The van der Waals surface area contributed by atoms with Crippen LogP contribution in [-0.2, 0) is 20.6 Å². The van der Waals surface area contributed by atoms with Gasteiger partial charge in [-0.05, 0) is 49.4 Å². The van der Waals surface area contributed by atoms with Crippen molar-refractivity contribution in [3.63, 3.8) is 0 Å². The Labute approximate surface area is 277 Å². The fraction of sp³-hybridized carbons (Fsp3) is 0.257. The number of nitrogens with one attached hydrogen (secondary N) is 2. The molecule has 2 N–H and O–H groups in total. The summed E-state index contributed by atoms with van der Waals surface area (Å²) in [5.74, 6) is 1.04. The zero-order chi connectivity index (χ0) is 33.0. The third-order valence-electron chi connectivity index (χ3n) is 8.67. The number of nitriles is 1. The van der Waals surface area contributed by atoms with Crippen molar-refractivity contribution in [2.45, 2.75) is 44.3 Å². The van der Waals surface area contributed by atoms with E-state index in [0.29, 0.717) is 35.1 Å². The van der Waals surface area contributed by atoms with Crippen LogP contribution in [0.2, 0.25) is 0 Å². The molecule has 5 aromatic heterocycles. The smallest absolute Gasteiger partial charge is 0.323 e. The van der Waals surface area contributed by atoms with Crippen LogP contribution in [0.5, 0.6) is 0 Å². The van der Waals surface area contributed by atoms with E-state index >= 15 is 0 Å². The van der Waals surface area contributed by atoms with Gasteiger partial charge in [0.25, 0.3) is 0 Å². The topological polar surface area (TPSA) is 155 Å². The van der Waals surface area contributed by atoms with Gasteiger partial charge in [0.1, 0.15) is 17.4 Å². The minimum Gasteiger partial charge on any atom is -0.351 e. The molecule has 0 atom stereocenters. The normalized spacial score (nSPS) is 15.9. The molecule has 0 unspecified atom stereocenters. The molecule has 48 heavy (non-hydrogen) atoms. The Morgan fingerprint density at radius 2 is 1.75 bits per heavy atom. The third kappa shape index (κ3) is 6.41. The van der Waals surface area contributed by atoms with E-state index in [1.54, 1.807) is 40.7 Å². The van der Waals surface area contributed by atoms with Crippen molar-refractivity contribution in [1.82, 2.24) is 44.6 Å². The SMILES string of the molecule is Cn1cc(-c2ccc(N(C(=O)NCc3ccccc3)C3CCC(Nc4ncc(C#N)c(-c5cnc6c(c5)ncn6C)n4)CC3)nc2)cn1. The van der Waals surface area contributed by atoms with Gasteiger partial charge in [0.15, 0.2) is 5.65 Å². The van der Waals surface area contributed by atoms with Crippen LogP contribution in [0.25, 0.3) is 33.5 Å². The lowest BCUT2D eigenvalue weighted by Gasteiger charge is -2.36. The maximum atomic E-state index is 13.8. The number of urea groups is 1. The number of amides is 2. The summed E-state index contributed by atoms with van der Waals surface area (Å²) in [5, 5.41) is 20.6. The molecule has 0 saturated heterocycles. The molecule has 13 heteroatoms. The van der Waals surface area contributed by atoms with E-state index in [4.69, 9.17) is 9.97 Å². The van der Waals surface area contributed by atoms with Crippen LogP contribution < -0.4 is 15.5 Å². The van der Waals surface area contributed by atoms with Gasteiger partial charge in [0.2, 0.25) is 5.95 Å². The number of aromatic nitrogens is 8. The standard InChI is InChI=1S/C35H34N12O/c1-45-22-41-30-14-25(18-38-33(30)45)32-26(15-36)19-39-34(44-32)43-28-9-11-29(12-10-28)47(35(48)40-16-23-6-4-3-5-7-23)31-13-8-24(17-37-31)27-20-42-46(2)21-27/h3-8,13-14,17-22,28-29H,9-12,16H2,1-2H3,(H,40,48)(H,39,43,44). The van der Waals surface area contributed by atoms with E-state index in [0.717, 1.165) is 53.5 Å². The lowest BCUT2D eigenvalue weighted by atomic mass is 9.90. The minimum absolute atomic E-state index is 0.0517. The summed E-state index contributed by atoms with van der Waals surface area (Å²) in [6.45, 7) is 0.419. The molecule has 2 amide bonds. The van der Waals surface area contributed by atoms with Gasteiger partial charge in [-0.25, -0.2) is 29.7 Å². The van der Waals surface area contributed by atoms with Gasteiger partial charge < -0.3 is 15.2 Å². The van der Waals surface area contributed by atoms with Gasteiger partial charge in [-0.15, -0.1) is 0 Å². The number of pyridine rings is 2. The lowest BCUT2D eigenvalue weighted by Crippen LogP contribution is -2.49. The van der Waals surface area contributed by atoms with E-state index in [1.807, 2.05) is 73.4 Å². The van der Waals surface area contributed by atoms with Crippen molar-refractivity contribution in [2.24, 2.45) is 14.1 Å². The van der Waals surface area contributed by atoms with Crippen molar-refractivity contribution >= 4 is 29.0 Å². The van der Waals surface area contributed by atoms with Crippen LogP contribution in [-0.4, -0.2) is 57.4 Å². The second-order valence-corrected chi connectivity index (χ2v) is 12.0. The molecule has 5 heterocycles. The van der Waals surface area contributed by atoms with Crippen LogP contribution in [0.4, 0.5) is 16.6 Å². The van der Waals surface area contributed by atoms with Crippen LogP contribution in [0.3, 0.4) is 0 Å². The number of benzene rings is 1. The Morgan fingerprint density at radius 1 is 0.938 bits per heavy atom. The van der Waals surface area contributed by atoms with Gasteiger partial charge in [0, 0.05) is 68.0 Å². The molecule has 0 spiro atoms. The quantitative estimate of drug-likeness (QED) is 0.228. The average molecular weight is 639 g/mol. The highest BCUT2D eigenvalue weighted by molar-refractivity contribution is 5.91. The van der Waals surface area contributed by atoms with E-state index < -0.39 is 0 Å². The van der Waals surface area contributed by atoms with Gasteiger partial charge in [-0.2, -0.15) is 10.4 Å². The first-order chi connectivity index (χ1) is 23.4. The number of carbonyl (C=O) groups is 1. The Kier molecular flexibility index (Phi) is 8.44. The number of rotatable bonds is 8. The van der Waals surface area contributed by atoms with Crippen molar-refractivity contribution in [3.8, 4) is 28.5 Å². The first-order valence-corrected chi connectivity index (χ1v) is 15.8. The number of carbonyl (C=O) groups excluding carboxylic acids is 1. The number of fused-ring (bicyclic) bond motifs is 1. The zero-order valence-electron chi connectivity index (χ0n) is 26.7. The lowest BCUT2D eigenvalue weighted by molar-refractivity contribution is 0.240. The van der Waals surface area contributed by atoms with Gasteiger partial charge in [-0.1, -0.05) is 30.3 Å². The zero-order valence-corrected chi connectivity index (χ0v) is 26.7. The van der Waals surface area contributed by atoms with Crippen LogP contribution in [0.15, 0.2) is 85.8 Å². The number of imidazole rings is 1. The van der Waals surface area contributed by atoms with Crippen molar-refractivity contribution in [3.05, 3.63) is 97.0 Å². The molecule has 1 saturated carbocycles. The summed E-state index contributed by atoms with van der Waals surface area (Å²) in [6.07, 6.45) is 13.6. The second-order valence-electron chi connectivity index (χ2n) is 12.0. The molecule has 7 rings (SSSR count). The molecule has 6 aromatic rings.